The van der Waals surface area contributed by atoms with Crippen molar-refractivity contribution in [2.45, 2.75) is 47.5 Å². The van der Waals surface area contributed by atoms with E-state index in [0.29, 0.717) is 12.5 Å². The molecule has 0 radical (unpaired) electrons. The molecule has 110 valence electrons. The summed E-state index contributed by atoms with van der Waals surface area (Å²) in [7, 11) is 0. The number of hydrogen-bond donors (Lipinski definition) is 1. The maximum Gasteiger partial charge on any atom is 0.309 e. The van der Waals surface area contributed by atoms with Gasteiger partial charge in [-0.1, -0.05) is 20.8 Å². The average molecular weight is 269 g/mol. The van der Waals surface area contributed by atoms with E-state index in [1.807, 2.05) is 25.7 Å². The van der Waals surface area contributed by atoms with E-state index < -0.39 is 11.4 Å². The highest BCUT2D eigenvalue weighted by atomic mass is 16.4. The van der Waals surface area contributed by atoms with Crippen LogP contribution < -0.4 is 0 Å². The van der Waals surface area contributed by atoms with Crippen LogP contribution in [0, 0.1) is 23.2 Å². The largest absolute Gasteiger partial charge is 0.481 e. The molecule has 2 unspecified atom stereocenters. The first kappa shape index (κ1) is 16.0. The summed E-state index contributed by atoms with van der Waals surface area (Å²) in [5, 5.41) is 9.31. The summed E-state index contributed by atoms with van der Waals surface area (Å²) in [6, 6.07) is 0. The first-order chi connectivity index (χ1) is 8.67. The number of rotatable bonds is 4. The molecule has 0 aromatic heterocycles. The number of piperidine rings is 1. The van der Waals surface area contributed by atoms with Crippen LogP contribution in [0.3, 0.4) is 0 Å². The van der Waals surface area contributed by atoms with Gasteiger partial charge in [-0.05, 0) is 38.5 Å². The molecule has 4 nitrogen and oxygen atoms in total. The molecule has 0 aromatic rings. The summed E-state index contributed by atoms with van der Waals surface area (Å²) >= 11 is 0. The Morgan fingerprint density at radius 3 is 2.32 bits per heavy atom. The van der Waals surface area contributed by atoms with Gasteiger partial charge in [0.05, 0.1) is 5.41 Å². The van der Waals surface area contributed by atoms with E-state index in [1.165, 1.54) is 0 Å². The monoisotopic (exact) mass is 269 g/mol. The molecule has 1 fully saturated rings. The minimum absolute atomic E-state index is 0.00619. The van der Waals surface area contributed by atoms with E-state index in [0.717, 1.165) is 19.4 Å². The van der Waals surface area contributed by atoms with Crippen molar-refractivity contribution in [2.24, 2.45) is 23.2 Å². The van der Waals surface area contributed by atoms with Crippen LogP contribution in [0.2, 0.25) is 0 Å². The van der Waals surface area contributed by atoms with E-state index in [2.05, 4.69) is 0 Å². The molecule has 0 saturated carbocycles. The second kappa shape index (κ2) is 5.93. The molecule has 1 saturated heterocycles. The smallest absolute Gasteiger partial charge is 0.309 e. The summed E-state index contributed by atoms with van der Waals surface area (Å²) < 4.78 is 0. The van der Waals surface area contributed by atoms with Crippen molar-refractivity contribution in [1.29, 1.82) is 0 Å². The Labute approximate surface area is 116 Å². The van der Waals surface area contributed by atoms with Crippen molar-refractivity contribution in [1.82, 2.24) is 4.90 Å². The van der Waals surface area contributed by atoms with Gasteiger partial charge in [0, 0.05) is 19.0 Å². The number of carboxylic acid groups (broad SMARTS) is 1. The molecule has 0 aliphatic carbocycles. The zero-order valence-electron chi connectivity index (χ0n) is 12.8. The Balaban J connectivity index is 2.75. The fourth-order valence-corrected chi connectivity index (χ4v) is 2.51. The molecule has 1 amide bonds. The van der Waals surface area contributed by atoms with E-state index >= 15 is 0 Å². The van der Waals surface area contributed by atoms with E-state index in [9.17, 15) is 14.7 Å². The SMILES string of the molecule is CC(C)C(C)C(=O)N1CCCC(C(C)(C)C(=O)O)C1. The topological polar surface area (TPSA) is 57.6 Å². The second-order valence-electron chi connectivity index (χ2n) is 6.68. The number of aliphatic carboxylic acids is 1. The third-order valence-electron chi connectivity index (χ3n) is 4.69. The van der Waals surface area contributed by atoms with Gasteiger partial charge >= 0.3 is 5.97 Å². The molecule has 19 heavy (non-hydrogen) atoms. The first-order valence-corrected chi connectivity index (χ1v) is 7.20. The summed E-state index contributed by atoms with van der Waals surface area (Å²) in [6.07, 6.45) is 1.79. The van der Waals surface area contributed by atoms with Crippen LogP contribution in [0.1, 0.15) is 47.5 Å². The zero-order chi connectivity index (χ0) is 14.8. The number of nitrogens with zero attached hydrogens (tertiary/aromatic N) is 1. The van der Waals surface area contributed by atoms with Gasteiger partial charge in [-0.3, -0.25) is 9.59 Å². The predicted octanol–water partition coefficient (Wildman–Crippen LogP) is 2.63. The van der Waals surface area contributed by atoms with Crippen LogP contribution in [-0.2, 0) is 9.59 Å². The number of carboxylic acids is 1. The minimum Gasteiger partial charge on any atom is -0.481 e. The third kappa shape index (κ3) is 3.48. The number of amides is 1. The lowest BCUT2D eigenvalue weighted by molar-refractivity contribution is -0.154. The highest BCUT2D eigenvalue weighted by Gasteiger charge is 2.40. The first-order valence-electron chi connectivity index (χ1n) is 7.20. The van der Waals surface area contributed by atoms with Gasteiger partial charge in [-0.15, -0.1) is 0 Å². The van der Waals surface area contributed by atoms with Gasteiger partial charge in [-0.2, -0.15) is 0 Å². The fourth-order valence-electron chi connectivity index (χ4n) is 2.51. The zero-order valence-corrected chi connectivity index (χ0v) is 12.8. The van der Waals surface area contributed by atoms with E-state index in [4.69, 9.17) is 0 Å². The molecular weight excluding hydrogens is 242 g/mol. The van der Waals surface area contributed by atoms with Crippen molar-refractivity contribution in [3.63, 3.8) is 0 Å². The van der Waals surface area contributed by atoms with Crippen molar-refractivity contribution in [3.8, 4) is 0 Å². The Morgan fingerprint density at radius 1 is 1.26 bits per heavy atom. The summed E-state index contributed by atoms with van der Waals surface area (Å²) in [5.41, 5.74) is -0.764. The second-order valence-corrected chi connectivity index (χ2v) is 6.68. The van der Waals surface area contributed by atoms with Gasteiger partial charge in [0.15, 0.2) is 0 Å². The highest BCUT2D eigenvalue weighted by Crippen LogP contribution is 2.34. The molecule has 0 aromatic carbocycles. The highest BCUT2D eigenvalue weighted by molar-refractivity contribution is 5.79. The molecule has 0 bridgehead atoms. The minimum atomic E-state index is -0.774. The Bertz CT molecular complexity index is 349. The average Bonchev–Trinajstić information content (AvgIpc) is 2.36. The fraction of sp³-hybridized carbons (Fsp3) is 0.867. The lowest BCUT2D eigenvalue weighted by atomic mass is 9.74. The number of hydrogen-bond acceptors (Lipinski definition) is 2. The molecule has 0 spiro atoms. The molecule has 2 atom stereocenters. The summed E-state index contributed by atoms with van der Waals surface area (Å²) in [5.74, 6) is -0.237. The number of likely N-dealkylation sites (tertiary alicyclic amines) is 1. The summed E-state index contributed by atoms with van der Waals surface area (Å²) in [6.45, 7) is 10.9. The molecule has 1 rings (SSSR count). The van der Waals surface area contributed by atoms with Crippen LogP contribution in [0.15, 0.2) is 0 Å². The Morgan fingerprint density at radius 2 is 1.84 bits per heavy atom. The van der Waals surface area contributed by atoms with Crippen LogP contribution in [-0.4, -0.2) is 35.0 Å². The third-order valence-corrected chi connectivity index (χ3v) is 4.69. The van der Waals surface area contributed by atoms with Crippen molar-refractivity contribution in [3.05, 3.63) is 0 Å². The van der Waals surface area contributed by atoms with Crippen molar-refractivity contribution < 1.29 is 14.7 Å². The summed E-state index contributed by atoms with van der Waals surface area (Å²) in [4.78, 5) is 25.6. The van der Waals surface area contributed by atoms with Crippen molar-refractivity contribution in [2.75, 3.05) is 13.1 Å². The normalized spacial score (nSPS) is 22.4. The standard InChI is InChI=1S/C15H27NO3/c1-10(2)11(3)13(17)16-8-6-7-12(9-16)15(4,5)14(18)19/h10-12H,6-9H2,1-5H3,(H,18,19). The number of carbonyl (C=O) groups excluding carboxylic acids is 1. The maximum absolute atomic E-state index is 12.4. The lowest BCUT2D eigenvalue weighted by Gasteiger charge is -2.40. The van der Waals surface area contributed by atoms with Crippen LogP contribution >= 0.6 is 0 Å². The van der Waals surface area contributed by atoms with Gasteiger partial charge < -0.3 is 10.0 Å². The van der Waals surface area contributed by atoms with Gasteiger partial charge in [-0.25, -0.2) is 0 Å². The Kier molecular flexibility index (Phi) is 4.99. The number of carbonyl (C=O) groups is 2. The lowest BCUT2D eigenvalue weighted by Crippen LogP contribution is -2.48. The molecule has 4 heteroatoms. The van der Waals surface area contributed by atoms with Gasteiger partial charge in [0.1, 0.15) is 0 Å². The van der Waals surface area contributed by atoms with Crippen LogP contribution in [0.5, 0.6) is 0 Å². The van der Waals surface area contributed by atoms with E-state index in [-0.39, 0.29) is 17.7 Å². The van der Waals surface area contributed by atoms with Crippen LogP contribution in [0.25, 0.3) is 0 Å². The van der Waals surface area contributed by atoms with Gasteiger partial charge in [0.25, 0.3) is 0 Å². The van der Waals surface area contributed by atoms with Crippen molar-refractivity contribution >= 4 is 11.9 Å². The molecular formula is C15H27NO3. The predicted molar refractivity (Wildman–Crippen MR) is 74.7 cm³/mol. The maximum atomic E-state index is 12.4. The molecule has 1 heterocycles. The molecule has 1 aliphatic heterocycles. The quantitative estimate of drug-likeness (QED) is 0.853. The molecule has 1 N–H and O–H groups in total. The van der Waals surface area contributed by atoms with Crippen LogP contribution in [0.4, 0.5) is 0 Å². The van der Waals surface area contributed by atoms with Gasteiger partial charge in [0.2, 0.25) is 5.91 Å². The molecule has 1 aliphatic rings. The van der Waals surface area contributed by atoms with E-state index in [1.54, 1.807) is 13.8 Å². The Hall–Kier alpha value is -1.06.